The van der Waals surface area contributed by atoms with Gasteiger partial charge in [0.1, 0.15) is 6.10 Å². The van der Waals surface area contributed by atoms with Gasteiger partial charge < -0.3 is 10.5 Å². The first-order valence-corrected chi connectivity index (χ1v) is 7.82. The number of carbonyl (C=O) groups is 1. The van der Waals surface area contributed by atoms with Crippen molar-refractivity contribution in [2.24, 2.45) is 11.3 Å². The molecule has 1 saturated carbocycles. The van der Waals surface area contributed by atoms with Crippen molar-refractivity contribution < 1.29 is 9.53 Å². The number of anilines is 1. The van der Waals surface area contributed by atoms with Crippen LogP contribution in [0.4, 0.5) is 5.69 Å². The average molecular weight is 340 g/mol. The summed E-state index contributed by atoms with van der Waals surface area (Å²) in [5.74, 6) is 0.259. The van der Waals surface area contributed by atoms with Gasteiger partial charge in [0.25, 0.3) is 0 Å². The minimum atomic E-state index is -0.321. The van der Waals surface area contributed by atoms with E-state index in [9.17, 15) is 4.79 Å². The number of hydrogen-bond donors (Lipinski definition) is 1. The molecule has 20 heavy (non-hydrogen) atoms. The standard InChI is InChI=1S/C16H22BrNO2/c1-10-6-12(9-16(2,3)8-10)20-15(19)13-7-11(17)4-5-14(13)18/h4-5,7,10,12H,6,8-9,18H2,1-3H3. The van der Waals surface area contributed by atoms with E-state index < -0.39 is 0 Å². The molecular weight excluding hydrogens is 318 g/mol. The fraction of sp³-hybridized carbons (Fsp3) is 0.562. The minimum absolute atomic E-state index is 0.0142. The van der Waals surface area contributed by atoms with E-state index in [4.69, 9.17) is 10.5 Å². The fourth-order valence-electron chi connectivity index (χ4n) is 3.27. The van der Waals surface area contributed by atoms with E-state index in [2.05, 4.69) is 36.7 Å². The number of carbonyl (C=O) groups excluding carboxylic acids is 1. The van der Waals surface area contributed by atoms with E-state index in [1.807, 2.05) is 6.07 Å². The lowest BCUT2D eigenvalue weighted by Gasteiger charge is -2.38. The van der Waals surface area contributed by atoms with E-state index in [1.54, 1.807) is 12.1 Å². The lowest BCUT2D eigenvalue weighted by Crippen LogP contribution is -2.34. The fourth-order valence-corrected chi connectivity index (χ4v) is 3.63. The van der Waals surface area contributed by atoms with Crippen LogP contribution < -0.4 is 5.73 Å². The summed E-state index contributed by atoms with van der Waals surface area (Å²) in [4.78, 5) is 12.3. The summed E-state index contributed by atoms with van der Waals surface area (Å²) in [7, 11) is 0. The molecule has 1 aromatic carbocycles. The Labute approximate surface area is 129 Å². The van der Waals surface area contributed by atoms with E-state index in [0.29, 0.717) is 17.2 Å². The summed E-state index contributed by atoms with van der Waals surface area (Å²) in [5, 5.41) is 0. The second-order valence-corrected chi connectivity index (χ2v) is 7.59. The number of ether oxygens (including phenoxy) is 1. The van der Waals surface area contributed by atoms with Crippen molar-refractivity contribution in [3.8, 4) is 0 Å². The maximum atomic E-state index is 12.3. The smallest absolute Gasteiger partial charge is 0.340 e. The molecule has 110 valence electrons. The topological polar surface area (TPSA) is 52.3 Å². The molecular formula is C16H22BrNO2. The van der Waals surface area contributed by atoms with Crippen molar-refractivity contribution in [2.45, 2.75) is 46.1 Å². The van der Waals surface area contributed by atoms with Crippen LogP contribution in [-0.4, -0.2) is 12.1 Å². The summed E-state index contributed by atoms with van der Waals surface area (Å²) in [6.07, 6.45) is 3.01. The van der Waals surface area contributed by atoms with Crippen LogP contribution in [0.15, 0.2) is 22.7 Å². The highest BCUT2D eigenvalue weighted by Crippen LogP contribution is 2.40. The van der Waals surface area contributed by atoms with Gasteiger partial charge in [-0.1, -0.05) is 36.7 Å². The number of rotatable bonds is 2. The third-order valence-electron chi connectivity index (χ3n) is 3.86. The van der Waals surface area contributed by atoms with Crippen molar-refractivity contribution >= 4 is 27.6 Å². The predicted molar refractivity (Wildman–Crippen MR) is 84.6 cm³/mol. The largest absolute Gasteiger partial charge is 0.459 e. The Kier molecular flexibility index (Phi) is 4.43. The Morgan fingerprint density at radius 2 is 2.10 bits per heavy atom. The van der Waals surface area contributed by atoms with Crippen molar-refractivity contribution in [3.63, 3.8) is 0 Å². The van der Waals surface area contributed by atoms with Gasteiger partial charge in [-0.05, 0) is 48.8 Å². The lowest BCUT2D eigenvalue weighted by molar-refractivity contribution is -0.00705. The van der Waals surface area contributed by atoms with Gasteiger partial charge in [-0.3, -0.25) is 0 Å². The van der Waals surface area contributed by atoms with E-state index in [-0.39, 0.29) is 17.5 Å². The quantitative estimate of drug-likeness (QED) is 0.641. The SMILES string of the molecule is CC1CC(OC(=O)c2cc(Br)ccc2N)CC(C)(C)C1. The molecule has 4 heteroatoms. The molecule has 0 saturated heterocycles. The summed E-state index contributed by atoms with van der Waals surface area (Å²) >= 11 is 3.35. The van der Waals surface area contributed by atoms with Crippen molar-refractivity contribution in [1.29, 1.82) is 0 Å². The Bertz CT molecular complexity index is 513. The first-order chi connectivity index (χ1) is 9.27. The molecule has 1 aliphatic carbocycles. The second-order valence-electron chi connectivity index (χ2n) is 6.67. The van der Waals surface area contributed by atoms with Gasteiger partial charge in [0.05, 0.1) is 5.56 Å². The maximum absolute atomic E-state index is 12.3. The Morgan fingerprint density at radius 1 is 1.40 bits per heavy atom. The van der Waals surface area contributed by atoms with Crippen LogP contribution in [0.3, 0.4) is 0 Å². The zero-order valence-electron chi connectivity index (χ0n) is 12.3. The summed E-state index contributed by atoms with van der Waals surface area (Å²) < 4.78 is 6.51. The van der Waals surface area contributed by atoms with Crippen LogP contribution in [0, 0.1) is 11.3 Å². The number of esters is 1. The normalized spacial score (nSPS) is 25.2. The third kappa shape index (κ3) is 3.75. The molecule has 3 nitrogen and oxygen atoms in total. The summed E-state index contributed by atoms with van der Waals surface area (Å²) in [6, 6.07) is 5.25. The van der Waals surface area contributed by atoms with Crippen molar-refractivity contribution in [2.75, 3.05) is 5.73 Å². The van der Waals surface area contributed by atoms with E-state index >= 15 is 0 Å². The number of nitrogens with two attached hydrogens (primary N) is 1. The van der Waals surface area contributed by atoms with Crippen LogP contribution in [-0.2, 0) is 4.74 Å². The van der Waals surface area contributed by atoms with Crippen LogP contribution in [0.5, 0.6) is 0 Å². The van der Waals surface area contributed by atoms with Gasteiger partial charge in [0.2, 0.25) is 0 Å². The zero-order chi connectivity index (χ0) is 14.9. The van der Waals surface area contributed by atoms with Gasteiger partial charge in [-0.2, -0.15) is 0 Å². The monoisotopic (exact) mass is 339 g/mol. The van der Waals surface area contributed by atoms with E-state index in [1.165, 1.54) is 6.42 Å². The minimum Gasteiger partial charge on any atom is -0.459 e. The first-order valence-electron chi connectivity index (χ1n) is 7.03. The molecule has 0 aromatic heterocycles. The van der Waals surface area contributed by atoms with E-state index in [0.717, 1.165) is 17.3 Å². The lowest BCUT2D eigenvalue weighted by atomic mass is 9.71. The molecule has 2 atom stereocenters. The molecule has 1 aliphatic rings. The molecule has 0 spiro atoms. The molecule has 0 radical (unpaired) electrons. The molecule has 0 heterocycles. The molecule has 2 N–H and O–H groups in total. The number of benzene rings is 1. The van der Waals surface area contributed by atoms with Crippen LogP contribution in [0.2, 0.25) is 0 Å². The van der Waals surface area contributed by atoms with Crippen molar-refractivity contribution in [1.82, 2.24) is 0 Å². The van der Waals surface area contributed by atoms with Crippen LogP contribution in [0.25, 0.3) is 0 Å². The third-order valence-corrected chi connectivity index (χ3v) is 4.35. The highest BCUT2D eigenvalue weighted by molar-refractivity contribution is 9.10. The Hall–Kier alpha value is -1.03. The van der Waals surface area contributed by atoms with Gasteiger partial charge in [0.15, 0.2) is 0 Å². The van der Waals surface area contributed by atoms with Gasteiger partial charge in [-0.15, -0.1) is 0 Å². The molecule has 2 rings (SSSR count). The van der Waals surface area contributed by atoms with Gasteiger partial charge in [0, 0.05) is 10.2 Å². The highest BCUT2D eigenvalue weighted by Gasteiger charge is 2.34. The molecule has 1 aromatic rings. The maximum Gasteiger partial charge on any atom is 0.340 e. The Balaban J connectivity index is 2.09. The van der Waals surface area contributed by atoms with Gasteiger partial charge in [-0.25, -0.2) is 4.79 Å². The summed E-state index contributed by atoms with van der Waals surface area (Å²) in [5.41, 5.74) is 6.98. The molecule has 2 unspecified atom stereocenters. The summed E-state index contributed by atoms with van der Waals surface area (Å²) in [6.45, 7) is 6.68. The molecule has 0 aliphatic heterocycles. The van der Waals surface area contributed by atoms with Gasteiger partial charge >= 0.3 is 5.97 Å². The first kappa shape index (κ1) is 15.4. The predicted octanol–water partition coefficient (Wildman–Crippen LogP) is 4.40. The molecule has 1 fully saturated rings. The average Bonchev–Trinajstić information content (AvgIpc) is 2.29. The Morgan fingerprint density at radius 3 is 2.75 bits per heavy atom. The second kappa shape index (κ2) is 5.76. The van der Waals surface area contributed by atoms with Crippen LogP contribution in [0.1, 0.15) is 50.4 Å². The number of nitrogen functional groups attached to an aromatic ring is 1. The van der Waals surface area contributed by atoms with Crippen LogP contribution >= 0.6 is 15.9 Å². The number of halogens is 1. The molecule has 0 bridgehead atoms. The zero-order valence-corrected chi connectivity index (χ0v) is 13.9. The highest BCUT2D eigenvalue weighted by atomic mass is 79.9. The number of hydrogen-bond acceptors (Lipinski definition) is 3. The molecule has 0 amide bonds. The van der Waals surface area contributed by atoms with Crippen molar-refractivity contribution in [3.05, 3.63) is 28.2 Å².